The maximum atomic E-state index is 11.1. The lowest BCUT2D eigenvalue weighted by Crippen LogP contribution is -2.08. The third-order valence-corrected chi connectivity index (χ3v) is 4.33. The zero-order valence-corrected chi connectivity index (χ0v) is 13.1. The molecule has 5 nitrogen and oxygen atoms in total. The molecule has 0 spiro atoms. The van der Waals surface area contributed by atoms with Gasteiger partial charge in [0.15, 0.2) is 0 Å². The highest BCUT2D eigenvalue weighted by Gasteiger charge is 2.15. The molecule has 2 aromatic rings. The van der Waals surface area contributed by atoms with Gasteiger partial charge in [0.25, 0.3) is 0 Å². The molecule has 0 aliphatic rings. The Kier molecular flexibility index (Phi) is 4.13. The van der Waals surface area contributed by atoms with Crippen LogP contribution in [0.1, 0.15) is 27.2 Å². The van der Waals surface area contributed by atoms with Gasteiger partial charge >= 0.3 is 5.97 Å². The number of aromatic carboxylic acids is 1. The van der Waals surface area contributed by atoms with Crippen LogP contribution in [0, 0.1) is 13.8 Å². The van der Waals surface area contributed by atoms with Gasteiger partial charge in [-0.05, 0) is 37.1 Å². The van der Waals surface area contributed by atoms with Gasteiger partial charge in [0.1, 0.15) is 17.9 Å². The van der Waals surface area contributed by atoms with Crippen molar-refractivity contribution in [1.82, 2.24) is 9.78 Å². The summed E-state index contributed by atoms with van der Waals surface area (Å²) in [5.74, 6) is -0.291. The maximum Gasteiger partial charge on any atom is 0.339 e. The Hall–Kier alpha value is -1.82. The van der Waals surface area contributed by atoms with E-state index in [4.69, 9.17) is 9.84 Å². The molecule has 0 aliphatic carbocycles. The lowest BCUT2D eigenvalue weighted by molar-refractivity contribution is 0.0693. The molecule has 2 rings (SSSR count). The largest absolute Gasteiger partial charge is 0.487 e. The molecule has 20 heavy (non-hydrogen) atoms. The standard InChI is InChI=1S/C14H15BrN2O3/c1-8-4-10(5-9(2)13(8)15)20-7-12-11(14(18)19)6-16-17(12)3/h4-6H,7H2,1-3H3,(H,18,19). The zero-order chi connectivity index (χ0) is 14.9. The van der Waals surface area contributed by atoms with Crippen molar-refractivity contribution in [3.05, 3.63) is 45.2 Å². The third kappa shape index (κ3) is 2.85. The van der Waals surface area contributed by atoms with E-state index in [2.05, 4.69) is 21.0 Å². The average molecular weight is 339 g/mol. The van der Waals surface area contributed by atoms with Crippen LogP contribution in [-0.2, 0) is 13.7 Å². The predicted octanol–water partition coefficient (Wildman–Crippen LogP) is 3.08. The van der Waals surface area contributed by atoms with Crippen LogP contribution >= 0.6 is 15.9 Å². The minimum atomic E-state index is -1.00. The second-order valence-corrected chi connectivity index (χ2v) is 5.39. The van der Waals surface area contributed by atoms with E-state index >= 15 is 0 Å². The molecule has 0 saturated carbocycles. The van der Waals surface area contributed by atoms with Crippen molar-refractivity contribution in [2.45, 2.75) is 20.5 Å². The fraction of sp³-hybridized carbons (Fsp3) is 0.286. The normalized spacial score (nSPS) is 10.6. The minimum Gasteiger partial charge on any atom is -0.487 e. The number of nitrogens with zero attached hydrogens (tertiary/aromatic N) is 2. The Bertz CT molecular complexity index is 641. The monoisotopic (exact) mass is 338 g/mol. The molecular weight excluding hydrogens is 324 g/mol. The van der Waals surface area contributed by atoms with E-state index in [0.29, 0.717) is 11.4 Å². The number of ether oxygens (including phenoxy) is 1. The Morgan fingerprint density at radius 2 is 2.00 bits per heavy atom. The van der Waals surface area contributed by atoms with Crippen LogP contribution in [0.2, 0.25) is 0 Å². The van der Waals surface area contributed by atoms with E-state index in [1.807, 2.05) is 26.0 Å². The van der Waals surface area contributed by atoms with Crippen LogP contribution in [0.5, 0.6) is 5.75 Å². The number of aryl methyl sites for hydroxylation is 3. The predicted molar refractivity (Wildman–Crippen MR) is 78.1 cm³/mol. The highest BCUT2D eigenvalue weighted by molar-refractivity contribution is 9.10. The molecule has 0 amide bonds. The first-order valence-corrected chi connectivity index (χ1v) is 6.83. The summed E-state index contributed by atoms with van der Waals surface area (Å²) in [7, 11) is 1.70. The van der Waals surface area contributed by atoms with Crippen LogP contribution in [0.15, 0.2) is 22.8 Å². The lowest BCUT2D eigenvalue weighted by atomic mass is 10.1. The number of hydrogen-bond acceptors (Lipinski definition) is 3. The van der Waals surface area contributed by atoms with Gasteiger partial charge in [0.2, 0.25) is 0 Å². The number of carbonyl (C=O) groups is 1. The van der Waals surface area contributed by atoms with Crippen molar-refractivity contribution >= 4 is 21.9 Å². The van der Waals surface area contributed by atoms with Gasteiger partial charge in [-0.1, -0.05) is 15.9 Å². The Morgan fingerprint density at radius 3 is 2.55 bits per heavy atom. The summed E-state index contributed by atoms with van der Waals surface area (Å²) in [5, 5.41) is 13.0. The first-order valence-electron chi connectivity index (χ1n) is 6.04. The molecule has 1 heterocycles. The van der Waals surface area contributed by atoms with Crippen molar-refractivity contribution < 1.29 is 14.6 Å². The third-order valence-electron chi connectivity index (χ3n) is 3.08. The SMILES string of the molecule is Cc1cc(OCc2c(C(=O)O)cnn2C)cc(C)c1Br. The van der Waals surface area contributed by atoms with Crippen molar-refractivity contribution in [3.8, 4) is 5.75 Å². The number of hydrogen-bond donors (Lipinski definition) is 1. The van der Waals surface area contributed by atoms with Gasteiger partial charge in [-0.25, -0.2) is 4.79 Å². The van der Waals surface area contributed by atoms with Crippen LogP contribution < -0.4 is 4.74 Å². The number of rotatable bonds is 4. The molecule has 1 aromatic heterocycles. The molecule has 0 aliphatic heterocycles. The fourth-order valence-corrected chi connectivity index (χ4v) is 2.18. The van der Waals surface area contributed by atoms with Crippen LogP contribution in [0.25, 0.3) is 0 Å². The zero-order valence-electron chi connectivity index (χ0n) is 11.5. The van der Waals surface area contributed by atoms with Crippen LogP contribution in [-0.4, -0.2) is 20.9 Å². The summed E-state index contributed by atoms with van der Waals surface area (Å²) in [6.07, 6.45) is 1.33. The van der Waals surface area contributed by atoms with Gasteiger partial charge in [0.05, 0.1) is 11.9 Å². The van der Waals surface area contributed by atoms with Crippen molar-refractivity contribution in [2.75, 3.05) is 0 Å². The Morgan fingerprint density at radius 1 is 1.40 bits per heavy atom. The van der Waals surface area contributed by atoms with E-state index < -0.39 is 5.97 Å². The van der Waals surface area contributed by atoms with Crippen molar-refractivity contribution in [2.24, 2.45) is 7.05 Å². The molecule has 1 aromatic carbocycles. The lowest BCUT2D eigenvalue weighted by Gasteiger charge is -2.11. The summed E-state index contributed by atoms with van der Waals surface area (Å²) in [4.78, 5) is 11.1. The van der Waals surface area contributed by atoms with Crippen LogP contribution in [0.4, 0.5) is 0 Å². The summed E-state index contributed by atoms with van der Waals surface area (Å²) in [5.41, 5.74) is 2.85. The van der Waals surface area contributed by atoms with E-state index in [9.17, 15) is 4.79 Å². The Balaban J connectivity index is 2.21. The molecule has 0 fully saturated rings. The number of carboxylic acid groups (broad SMARTS) is 1. The number of halogens is 1. The smallest absolute Gasteiger partial charge is 0.339 e. The van der Waals surface area contributed by atoms with E-state index in [0.717, 1.165) is 15.6 Å². The van der Waals surface area contributed by atoms with Gasteiger partial charge in [-0.15, -0.1) is 0 Å². The van der Waals surface area contributed by atoms with Crippen molar-refractivity contribution in [1.29, 1.82) is 0 Å². The van der Waals surface area contributed by atoms with Crippen molar-refractivity contribution in [3.63, 3.8) is 0 Å². The molecule has 0 unspecified atom stereocenters. The Labute approximate surface area is 125 Å². The number of carboxylic acids is 1. The first kappa shape index (κ1) is 14.6. The average Bonchev–Trinajstić information content (AvgIpc) is 2.74. The molecule has 0 saturated heterocycles. The molecule has 0 atom stereocenters. The maximum absolute atomic E-state index is 11.1. The van der Waals surface area contributed by atoms with Gasteiger partial charge in [0, 0.05) is 11.5 Å². The molecule has 6 heteroatoms. The fourth-order valence-electron chi connectivity index (χ4n) is 1.95. The summed E-state index contributed by atoms with van der Waals surface area (Å²) in [6.45, 7) is 4.13. The summed E-state index contributed by atoms with van der Waals surface area (Å²) < 4.78 is 8.26. The molecule has 0 radical (unpaired) electrons. The quantitative estimate of drug-likeness (QED) is 0.930. The summed E-state index contributed by atoms with van der Waals surface area (Å²) >= 11 is 3.50. The van der Waals surface area contributed by atoms with Crippen LogP contribution in [0.3, 0.4) is 0 Å². The first-order chi connectivity index (χ1) is 9.40. The van der Waals surface area contributed by atoms with E-state index in [1.165, 1.54) is 10.9 Å². The minimum absolute atomic E-state index is 0.165. The second-order valence-electron chi connectivity index (χ2n) is 4.59. The number of benzene rings is 1. The molecular formula is C14H15BrN2O3. The van der Waals surface area contributed by atoms with Gasteiger partial charge in [-0.2, -0.15) is 5.10 Å². The highest BCUT2D eigenvalue weighted by atomic mass is 79.9. The van der Waals surface area contributed by atoms with Gasteiger partial charge in [-0.3, -0.25) is 4.68 Å². The number of aromatic nitrogens is 2. The second kappa shape index (κ2) is 5.66. The van der Waals surface area contributed by atoms with Gasteiger partial charge < -0.3 is 9.84 Å². The van der Waals surface area contributed by atoms with E-state index in [1.54, 1.807) is 7.05 Å². The molecule has 1 N–H and O–H groups in total. The summed E-state index contributed by atoms with van der Waals surface area (Å²) in [6, 6.07) is 3.82. The molecule has 0 bridgehead atoms. The highest BCUT2D eigenvalue weighted by Crippen LogP contribution is 2.27. The molecule has 106 valence electrons. The van der Waals surface area contributed by atoms with E-state index in [-0.39, 0.29) is 12.2 Å². The topological polar surface area (TPSA) is 64.3 Å².